The van der Waals surface area contributed by atoms with E-state index in [1.165, 1.54) is 0 Å². The summed E-state index contributed by atoms with van der Waals surface area (Å²) in [6.07, 6.45) is 3.13. The highest BCUT2D eigenvalue weighted by atomic mass is 16.5. The van der Waals surface area contributed by atoms with Crippen LogP contribution < -0.4 is 10.1 Å². The smallest absolute Gasteiger partial charge is 0.230 e. The zero-order valence-corrected chi connectivity index (χ0v) is 14.9. The van der Waals surface area contributed by atoms with Gasteiger partial charge in [0.1, 0.15) is 11.4 Å². The number of carbonyl (C=O) groups is 1. The van der Waals surface area contributed by atoms with Gasteiger partial charge in [-0.1, -0.05) is 25.1 Å². The fourth-order valence-corrected chi connectivity index (χ4v) is 2.83. The number of aryl methyl sites for hydroxylation is 2. The van der Waals surface area contributed by atoms with E-state index < -0.39 is 0 Å². The number of ether oxygens (including phenoxy) is 1. The molecule has 0 atom stereocenters. The number of nitrogens with one attached hydrogen (secondary N) is 1. The quantitative estimate of drug-likeness (QED) is 0.742. The number of hydrogen-bond donors (Lipinski definition) is 1. The predicted octanol–water partition coefficient (Wildman–Crippen LogP) is 3.92. The molecule has 0 spiro atoms. The predicted molar refractivity (Wildman–Crippen MR) is 99.2 cm³/mol. The molecule has 0 radical (unpaired) electrons. The number of rotatable bonds is 6. The molecule has 3 aromatic rings. The van der Waals surface area contributed by atoms with Crippen LogP contribution in [0.15, 0.2) is 42.6 Å². The van der Waals surface area contributed by atoms with Crippen LogP contribution in [0.1, 0.15) is 30.3 Å². The average molecular weight is 337 g/mol. The van der Waals surface area contributed by atoms with Crippen LogP contribution in [0.3, 0.4) is 0 Å². The lowest BCUT2D eigenvalue weighted by molar-refractivity contribution is -0.115. The number of aromatic nitrogens is 2. The molecule has 0 aliphatic rings. The van der Waals surface area contributed by atoms with Crippen LogP contribution in [-0.4, -0.2) is 21.9 Å². The first-order valence-electron chi connectivity index (χ1n) is 8.55. The van der Waals surface area contributed by atoms with Crippen molar-refractivity contribution in [2.75, 3.05) is 11.9 Å². The molecule has 5 heteroatoms. The highest BCUT2D eigenvalue weighted by molar-refractivity contribution is 5.93. The van der Waals surface area contributed by atoms with E-state index >= 15 is 0 Å². The lowest BCUT2D eigenvalue weighted by Crippen LogP contribution is -2.17. The van der Waals surface area contributed by atoms with E-state index in [0.29, 0.717) is 18.0 Å². The van der Waals surface area contributed by atoms with Crippen molar-refractivity contribution < 1.29 is 9.53 Å². The Morgan fingerprint density at radius 3 is 2.80 bits per heavy atom. The Labute approximate surface area is 147 Å². The van der Waals surface area contributed by atoms with E-state index in [4.69, 9.17) is 4.74 Å². The standard InChI is InChI=1S/C20H23N3O2/c1-4-12-25-18-10-6-5-9-16(18)22-19(24)13-17-15(3)21-20-14(2)8-7-11-23(17)20/h5-11H,4,12-13H2,1-3H3,(H,22,24). The Morgan fingerprint density at radius 2 is 2.00 bits per heavy atom. The minimum Gasteiger partial charge on any atom is -0.491 e. The molecule has 3 rings (SSSR count). The highest BCUT2D eigenvalue weighted by Crippen LogP contribution is 2.24. The highest BCUT2D eigenvalue weighted by Gasteiger charge is 2.15. The number of amides is 1. The number of para-hydroxylation sites is 2. The van der Waals surface area contributed by atoms with Gasteiger partial charge in [0.2, 0.25) is 5.91 Å². The van der Waals surface area contributed by atoms with Gasteiger partial charge >= 0.3 is 0 Å². The summed E-state index contributed by atoms with van der Waals surface area (Å²) in [5.74, 6) is 0.613. The van der Waals surface area contributed by atoms with Gasteiger partial charge in [-0.05, 0) is 44.0 Å². The van der Waals surface area contributed by atoms with E-state index in [9.17, 15) is 4.79 Å². The fourth-order valence-electron chi connectivity index (χ4n) is 2.83. The van der Waals surface area contributed by atoms with Crippen LogP contribution in [0.2, 0.25) is 0 Å². The van der Waals surface area contributed by atoms with Crippen molar-refractivity contribution in [3.63, 3.8) is 0 Å². The number of imidazole rings is 1. The normalized spacial score (nSPS) is 10.8. The summed E-state index contributed by atoms with van der Waals surface area (Å²) in [5, 5.41) is 2.96. The molecule has 2 heterocycles. The first kappa shape index (κ1) is 17.0. The van der Waals surface area contributed by atoms with Crippen molar-refractivity contribution in [2.45, 2.75) is 33.6 Å². The minimum absolute atomic E-state index is 0.0843. The second-order valence-corrected chi connectivity index (χ2v) is 6.10. The van der Waals surface area contributed by atoms with Crippen LogP contribution in [-0.2, 0) is 11.2 Å². The first-order chi connectivity index (χ1) is 12.1. The molecule has 0 bridgehead atoms. The van der Waals surface area contributed by atoms with Gasteiger partial charge < -0.3 is 14.5 Å². The molecule has 0 unspecified atom stereocenters. The SMILES string of the molecule is CCCOc1ccccc1NC(=O)Cc1c(C)nc2c(C)cccn12. The topological polar surface area (TPSA) is 55.6 Å². The van der Waals surface area contributed by atoms with Gasteiger partial charge in [-0.2, -0.15) is 0 Å². The molecular weight excluding hydrogens is 314 g/mol. The number of hydrogen-bond acceptors (Lipinski definition) is 3. The van der Waals surface area contributed by atoms with Gasteiger partial charge in [-0.25, -0.2) is 4.98 Å². The molecule has 2 aromatic heterocycles. The van der Waals surface area contributed by atoms with Crippen LogP contribution >= 0.6 is 0 Å². The second-order valence-electron chi connectivity index (χ2n) is 6.10. The maximum atomic E-state index is 12.6. The summed E-state index contributed by atoms with van der Waals surface area (Å²) in [6.45, 7) is 6.63. The van der Waals surface area contributed by atoms with Crippen molar-refractivity contribution in [2.24, 2.45) is 0 Å². The van der Waals surface area contributed by atoms with Crippen molar-refractivity contribution in [3.8, 4) is 5.75 Å². The Hall–Kier alpha value is -2.82. The third-order valence-corrected chi connectivity index (χ3v) is 4.10. The average Bonchev–Trinajstić information content (AvgIpc) is 2.91. The van der Waals surface area contributed by atoms with Crippen molar-refractivity contribution in [1.82, 2.24) is 9.38 Å². The number of benzene rings is 1. The Bertz CT molecular complexity index is 899. The lowest BCUT2D eigenvalue weighted by Gasteiger charge is -2.12. The first-order valence-corrected chi connectivity index (χ1v) is 8.55. The minimum atomic E-state index is -0.0843. The third kappa shape index (κ3) is 3.65. The number of anilines is 1. The molecule has 1 amide bonds. The maximum absolute atomic E-state index is 12.6. The monoisotopic (exact) mass is 337 g/mol. The van der Waals surface area contributed by atoms with Crippen molar-refractivity contribution in [3.05, 3.63) is 59.5 Å². The molecule has 1 N–H and O–H groups in total. The molecule has 5 nitrogen and oxygen atoms in total. The number of nitrogens with zero attached hydrogens (tertiary/aromatic N) is 2. The molecule has 1 aromatic carbocycles. The summed E-state index contributed by atoms with van der Waals surface area (Å²) in [7, 11) is 0. The molecular formula is C20H23N3O2. The van der Waals surface area contributed by atoms with Gasteiger partial charge in [0.25, 0.3) is 0 Å². The Morgan fingerprint density at radius 1 is 1.20 bits per heavy atom. The van der Waals surface area contributed by atoms with E-state index in [2.05, 4.69) is 17.2 Å². The van der Waals surface area contributed by atoms with Gasteiger partial charge in [0.15, 0.2) is 0 Å². The summed E-state index contributed by atoms with van der Waals surface area (Å²) in [6, 6.07) is 11.5. The van der Waals surface area contributed by atoms with Gasteiger partial charge in [0.05, 0.1) is 30.1 Å². The number of pyridine rings is 1. The third-order valence-electron chi connectivity index (χ3n) is 4.10. The van der Waals surface area contributed by atoms with Crippen molar-refractivity contribution in [1.29, 1.82) is 0 Å². The Kier molecular flexibility index (Phi) is 5.03. The maximum Gasteiger partial charge on any atom is 0.230 e. The largest absolute Gasteiger partial charge is 0.491 e. The molecule has 25 heavy (non-hydrogen) atoms. The van der Waals surface area contributed by atoms with Crippen LogP contribution in [0.25, 0.3) is 5.65 Å². The molecule has 0 aliphatic carbocycles. The zero-order chi connectivity index (χ0) is 17.8. The van der Waals surface area contributed by atoms with E-state index in [1.54, 1.807) is 0 Å². The molecule has 0 saturated heterocycles. The van der Waals surface area contributed by atoms with E-state index in [-0.39, 0.29) is 12.3 Å². The second kappa shape index (κ2) is 7.38. The molecule has 0 aliphatic heterocycles. The molecule has 130 valence electrons. The van der Waals surface area contributed by atoms with Gasteiger partial charge in [0, 0.05) is 6.20 Å². The van der Waals surface area contributed by atoms with Gasteiger partial charge in [-0.15, -0.1) is 0 Å². The zero-order valence-electron chi connectivity index (χ0n) is 14.9. The summed E-state index contributed by atoms with van der Waals surface area (Å²) in [5.41, 5.74) is 4.47. The van der Waals surface area contributed by atoms with Crippen LogP contribution in [0.5, 0.6) is 5.75 Å². The number of fused-ring (bicyclic) bond motifs is 1. The molecule has 0 fully saturated rings. The Balaban J connectivity index is 1.80. The summed E-state index contributed by atoms with van der Waals surface area (Å²) in [4.78, 5) is 17.2. The van der Waals surface area contributed by atoms with Crippen LogP contribution in [0, 0.1) is 13.8 Å². The molecule has 0 saturated carbocycles. The van der Waals surface area contributed by atoms with Gasteiger partial charge in [-0.3, -0.25) is 4.79 Å². The fraction of sp³-hybridized carbons (Fsp3) is 0.300. The van der Waals surface area contributed by atoms with E-state index in [0.717, 1.165) is 29.0 Å². The van der Waals surface area contributed by atoms with Crippen molar-refractivity contribution >= 4 is 17.2 Å². The van der Waals surface area contributed by atoms with Crippen LogP contribution in [0.4, 0.5) is 5.69 Å². The van der Waals surface area contributed by atoms with E-state index in [1.807, 2.05) is 60.8 Å². The lowest BCUT2D eigenvalue weighted by atomic mass is 10.2. The summed E-state index contributed by atoms with van der Waals surface area (Å²) < 4.78 is 7.69. The number of carbonyl (C=O) groups excluding carboxylic acids is 1. The summed E-state index contributed by atoms with van der Waals surface area (Å²) >= 11 is 0.